The summed E-state index contributed by atoms with van der Waals surface area (Å²) in [5.41, 5.74) is 2.83. The monoisotopic (exact) mass is 245 g/mol. The third kappa shape index (κ3) is 2.69. The van der Waals surface area contributed by atoms with Crippen LogP contribution in [0.5, 0.6) is 5.75 Å². The third-order valence-electron chi connectivity index (χ3n) is 4.21. The van der Waals surface area contributed by atoms with E-state index in [1.807, 2.05) is 0 Å². The highest BCUT2D eigenvalue weighted by Crippen LogP contribution is 2.44. The Hall–Kier alpha value is -1.02. The molecule has 0 aromatic heterocycles. The van der Waals surface area contributed by atoms with Gasteiger partial charge in [0.25, 0.3) is 0 Å². The topological polar surface area (TPSA) is 21.3 Å². The first-order valence-corrected chi connectivity index (χ1v) is 7.27. The summed E-state index contributed by atoms with van der Waals surface area (Å²) in [6, 6.07) is 7.50. The molecular formula is C16H23NO. The minimum absolute atomic E-state index is 0.662. The number of hydrogen-bond donors (Lipinski definition) is 1. The molecule has 1 aromatic carbocycles. The maximum atomic E-state index is 5.56. The van der Waals surface area contributed by atoms with Crippen LogP contribution in [-0.2, 0) is 6.42 Å². The van der Waals surface area contributed by atoms with Crippen molar-refractivity contribution in [2.24, 2.45) is 0 Å². The van der Waals surface area contributed by atoms with Crippen LogP contribution in [0.3, 0.4) is 0 Å². The molecule has 1 aliphatic carbocycles. The van der Waals surface area contributed by atoms with Gasteiger partial charge in [-0.2, -0.15) is 0 Å². The summed E-state index contributed by atoms with van der Waals surface area (Å²) in [6.45, 7) is 1.18. The number of rotatable bonds is 4. The van der Waals surface area contributed by atoms with E-state index in [2.05, 4.69) is 23.5 Å². The average molecular weight is 245 g/mol. The zero-order valence-electron chi connectivity index (χ0n) is 11.2. The molecule has 3 rings (SSSR count). The fraction of sp³-hybridized carbons (Fsp3) is 0.625. The summed E-state index contributed by atoms with van der Waals surface area (Å²) < 4.78 is 5.56. The molecule has 1 N–H and O–H groups in total. The first-order chi connectivity index (χ1) is 8.86. The van der Waals surface area contributed by atoms with E-state index < -0.39 is 0 Å². The number of ether oxygens (including phenoxy) is 1. The lowest BCUT2D eigenvalue weighted by Crippen LogP contribution is -2.35. The predicted molar refractivity (Wildman–Crippen MR) is 74.3 cm³/mol. The second kappa shape index (κ2) is 5.31. The van der Waals surface area contributed by atoms with Gasteiger partial charge in [-0.1, -0.05) is 18.6 Å². The molecule has 98 valence electrons. The van der Waals surface area contributed by atoms with Crippen LogP contribution in [0.2, 0.25) is 0 Å². The SMILES string of the molecule is COc1cc(CC2CCCCN2)ccc1C1CC1. The van der Waals surface area contributed by atoms with Crippen LogP contribution in [-0.4, -0.2) is 19.7 Å². The number of piperidine rings is 1. The fourth-order valence-corrected chi connectivity index (χ4v) is 3.00. The predicted octanol–water partition coefficient (Wildman–Crippen LogP) is 3.26. The van der Waals surface area contributed by atoms with Crippen molar-refractivity contribution in [2.75, 3.05) is 13.7 Å². The first-order valence-electron chi connectivity index (χ1n) is 7.27. The molecule has 1 aliphatic heterocycles. The quantitative estimate of drug-likeness (QED) is 0.879. The van der Waals surface area contributed by atoms with E-state index in [1.165, 1.54) is 49.8 Å². The molecule has 2 nitrogen and oxygen atoms in total. The highest BCUT2D eigenvalue weighted by Gasteiger charge is 2.26. The highest BCUT2D eigenvalue weighted by atomic mass is 16.5. The van der Waals surface area contributed by atoms with Crippen molar-refractivity contribution < 1.29 is 4.74 Å². The van der Waals surface area contributed by atoms with Gasteiger partial charge in [0.2, 0.25) is 0 Å². The van der Waals surface area contributed by atoms with Crippen LogP contribution >= 0.6 is 0 Å². The van der Waals surface area contributed by atoms with E-state index in [0.717, 1.165) is 18.1 Å². The Morgan fingerprint density at radius 1 is 1.22 bits per heavy atom. The lowest BCUT2D eigenvalue weighted by atomic mass is 9.96. The Morgan fingerprint density at radius 2 is 2.11 bits per heavy atom. The average Bonchev–Trinajstić information content (AvgIpc) is 3.24. The number of nitrogens with one attached hydrogen (secondary N) is 1. The lowest BCUT2D eigenvalue weighted by Gasteiger charge is -2.23. The van der Waals surface area contributed by atoms with E-state index in [4.69, 9.17) is 4.74 Å². The van der Waals surface area contributed by atoms with Gasteiger partial charge in [0.15, 0.2) is 0 Å². The molecule has 1 unspecified atom stereocenters. The van der Waals surface area contributed by atoms with Crippen LogP contribution in [0.1, 0.15) is 49.1 Å². The molecule has 2 fully saturated rings. The Labute approximate surface area is 110 Å². The van der Waals surface area contributed by atoms with Crippen molar-refractivity contribution in [1.82, 2.24) is 5.32 Å². The van der Waals surface area contributed by atoms with Crippen molar-refractivity contribution in [2.45, 2.75) is 50.5 Å². The molecule has 0 amide bonds. The Kier molecular flexibility index (Phi) is 3.55. The summed E-state index contributed by atoms with van der Waals surface area (Å²) in [5, 5.41) is 3.61. The normalized spacial score (nSPS) is 23.9. The maximum absolute atomic E-state index is 5.56. The second-order valence-corrected chi connectivity index (χ2v) is 5.70. The van der Waals surface area contributed by atoms with Crippen LogP contribution < -0.4 is 10.1 Å². The molecule has 1 saturated heterocycles. The third-order valence-corrected chi connectivity index (χ3v) is 4.21. The van der Waals surface area contributed by atoms with Gasteiger partial charge < -0.3 is 10.1 Å². The summed E-state index contributed by atoms with van der Waals surface area (Å²) in [6.07, 6.45) is 7.82. The smallest absolute Gasteiger partial charge is 0.122 e. The molecule has 1 heterocycles. The van der Waals surface area contributed by atoms with Crippen LogP contribution in [0, 0.1) is 0 Å². The van der Waals surface area contributed by atoms with Gasteiger partial charge in [-0.25, -0.2) is 0 Å². The number of methoxy groups -OCH3 is 1. The minimum atomic E-state index is 0.662. The van der Waals surface area contributed by atoms with Crippen molar-refractivity contribution in [1.29, 1.82) is 0 Å². The zero-order chi connectivity index (χ0) is 12.4. The van der Waals surface area contributed by atoms with Gasteiger partial charge in [0.1, 0.15) is 5.75 Å². The number of benzene rings is 1. The van der Waals surface area contributed by atoms with Gasteiger partial charge in [-0.3, -0.25) is 0 Å². The molecule has 1 aromatic rings. The van der Waals surface area contributed by atoms with Crippen LogP contribution in [0.25, 0.3) is 0 Å². The molecule has 18 heavy (non-hydrogen) atoms. The van der Waals surface area contributed by atoms with Crippen molar-refractivity contribution in [3.05, 3.63) is 29.3 Å². The van der Waals surface area contributed by atoms with Gasteiger partial charge in [0, 0.05) is 6.04 Å². The van der Waals surface area contributed by atoms with Crippen molar-refractivity contribution in [3.63, 3.8) is 0 Å². The van der Waals surface area contributed by atoms with E-state index >= 15 is 0 Å². The van der Waals surface area contributed by atoms with Gasteiger partial charge in [0.05, 0.1) is 7.11 Å². The van der Waals surface area contributed by atoms with Crippen molar-refractivity contribution >= 4 is 0 Å². The summed E-state index contributed by atoms with van der Waals surface area (Å²) >= 11 is 0. The molecule has 2 aliphatic rings. The first kappa shape index (κ1) is 12.0. The fourth-order valence-electron chi connectivity index (χ4n) is 3.00. The van der Waals surface area contributed by atoms with Gasteiger partial charge >= 0.3 is 0 Å². The maximum Gasteiger partial charge on any atom is 0.122 e. The largest absolute Gasteiger partial charge is 0.496 e. The summed E-state index contributed by atoms with van der Waals surface area (Å²) in [4.78, 5) is 0. The second-order valence-electron chi connectivity index (χ2n) is 5.70. The van der Waals surface area contributed by atoms with Crippen LogP contribution in [0.15, 0.2) is 18.2 Å². The Bertz CT molecular complexity index is 406. The molecule has 0 spiro atoms. The highest BCUT2D eigenvalue weighted by molar-refractivity contribution is 5.42. The molecular weight excluding hydrogens is 222 g/mol. The molecule has 2 heteroatoms. The van der Waals surface area contributed by atoms with E-state index in [9.17, 15) is 0 Å². The van der Waals surface area contributed by atoms with E-state index in [-0.39, 0.29) is 0 Å². The zero-order valence-corrected chi connectivity index (χ0v) is 11.2. The summed E-state index contributed by atoms with van der Waals surface area (Å²) in [5.74, 6) is 1.87. The van der Waals surface area contributed by atoms with E-state index in [0.29, 0.717) is 6.04 Å². The van der Waals surface area contributed by atoms with Crippen molar-refractivity contribution in [3.8, 4) is 5.75 Å². The van der Waals surface area contributed by atoms with Gasteiger partial charge in [-0.15, -0.1) is 0 Å². The molecule has 0 radical (unpaired) electrons. The number of hydrogen-bond acceptors (Lipinski definition) is 2. The minimum Gasteiger partial charge on any atom is -0.496 e. The Balaban J connectivity index is 1.71. The Morgan fingerprint density at radius 3 is 2.78 bits per heavy atom. The molecule has 1 atom stereocenters. The van der Waals surface area contributed by atoms with Crippen LogP contribution in [0.4, 0.5) is 0 Å². The summed E-state index contributed by atoms with van der Waals surface area (Å²) in [7, 11) is 1.80. The lowest BCUT2D eigenvalue weighted by molar-refractivity contribution is 0.395. The molecule has 1 saturated carbocycles. The van der Waals surface area contributed by atoms with Gasteiger partial charge in [-0.05, 0) is 61.8 Å². The molecule has 0 bridgehead atoms. The standard InChI is InChI=1S/C16H23NO/c1-18-16-11-12(5-8-15(16)13-6-7-13)10-14-4-2-3-9-17-14/h5,8,11,13-14,17H,2-4,6-7,9-10H2,1H3. The van der Waals surface area contributed by atoms with E-state index in [1.54, 1.807) is 7.11 Å².